The van der Waals surface area contributed by atoms with Crippen molar-refractivity contribution in [2.45, 2.75) is 0 Å². The van der Waals surface area contributed by atoms with Crippen molar-refractivity contribution in [1.29, 1.82) is 5.41 Å². The highest BCUT2D eigenvalue weighted by Gasteiger charge is 2.13. The molecule has 0 aliphatic carbocycles. The van der Waals surface area contributed by atoms with Crippen molar-refractivity contribution in [1.82, 2.24) is 9.55 Å². The summed E-state index contributed by atoms with van der Waals surface area (Å²) in [5.41, 5.74) is 3.51. The molecule has 0 spiro atoms. The zero-order valence-electron chi connectivity index (χ0n) is 11.5. The molecule has 1 N–H and O–H groups in total. The quantitative estimate of drug-likeness (QED) is 0.578. The molecule has 2 aromatic carbocycles. The van der Waals surface area contributed by atoms with Gasteiger partial charge in [0.1, 0.15) is 11.4 Å². The van der Waals surface area contributed by atoms with Crippen LogP contribution in [0.15, 0.2) is 59.0 Å². The highest BCUT2D eigenvalue weighted by molar-refractivity contribution is 5.84. The molecule has 102 valence electrons. The van der Waals surface area contributed by atoms with Gasteiger partial charge in [0.15, 0.2) is 0 Å². The molecule has 0 aliphatic rings. The standard InChI is InChI=1S/C17H13N3O/c1-20-14-8-4-3-7-13(14)19-17(20)12-10-11-6-2-5-9-15(11)21-16(12)18/h2-10,18H,1H3. The summed E-state index contributed by atoms with van der Waals surface area (Å²) in [6.45, 7) is 0. The number of rotatable bonds is 1. The number of aryl methyl sites for hydroxylation is 1. The Morgan fingerprint density at radius 2 is 1.81 bits per heavy atom. The molecule has 0 fully saturated rings. The van der Waals surface area contributed by atoms with Crippen molar-refractivity contribution < 1.29 is 4.42 Å². The molecule has 4 nitrogen and oxygen atoms in total. The molecule has 21 heavy (non-hydrogen) atoms. The zero-order chi connectivity index (χ0) is 14.4. The van der Waals surface area contributed by atoms with Gasteiger partial charge in [-0.25, -0.2) is 4.98 Å². The fraction of sp³-hybridized carbons (Fsp3) is 0.0588. The molecule has 0 amide bonds. The first-order chi connectivity index (χ1) is 10.2. The Balaban J connectivity index is 2.06. The molecule has 0 unspecified atom stereocenters. The van der Waals surface area contributed by atoms with Crippen molar-refractivity contribution >= 4 is 22.0 Å². The Bertz CT molecular complexity index is 1030. The van der Waals surface area contributed by atoms with Crippen molar-refractivity contribution in [3.8, 4) is 11.4 Å². The van der Waals surface area contributed by atoms with Crippen LogP contribution in [-0.2, 0) is 7.05 Å². The second-order valence-corrected chi connectivity index (χ2v) is 5.01. The third kappa shape index (κ3) is 1.76. The largest absolute Gasteiger partial charge is 0.438 e. The van der Waals surface area contributed by atoms with Gasteiger partial charge in [0, 0.05) is 12.4 Å². The molecule has 0 saturated carbocycles. The number of hydrogen-bond donors (Lipinski definition) is 1. The molecule has 4 heteroatoms. The summed E-state index contributed by atoms with van der Waals surface area (Å²) in [6.07, 6.45) is 0. The van der Waals surface area contributed by atoms with Crippen molar-refractivity contribution in [2.24, 2.45) is 7.05 Å². The monoisotopic (exact) mass is 275 g/mol. The van der Waals surface area contributed by atoms with Gasteiger partial charge in [-0.3, -0.25) is 5.41 Å². The van der Waals surface area contributed by atoms with Gasteiger partial charge in [-0.05, 0) is 24.3 Å². The van der Waals surface area contributed by atoms with Gasteiger partial charge in [-0.2, -0.15) is 0 Å². The Morgan fingerprint density at radius 1 is 1.05 bits per heavy atom. The smallest absolute Gasteiger partial charge is 0.223 e. The first-order valence-electron chi connectivity index (χ1n) is 6.73. The second kappa shape index (κ2) is 4.31. The minimum atomic E-state index is 0.132. The molecular formula is C17H13N3O. The van der Waals surface area contributed by atoms with Crippen LogP contribution >= 0.6 is 0 Å². The first-order valence-corrected chi connectivity index (χ1v) is 6.73. The van der Waals surface area contributed by atoms with Crippen molar-refractivity contribution in [3.63, 3.8) is 0 Å². The first kappa shape index (κ1) is 11.9. The normalized spacial score (nSPS) is 11.3. The molecule has 0 bridgehead atoms. The Hall–Kier alpha value is -2.88. The molecule has 2 aromatic heterocycles. The van der Waals surface area contributed by atoms with E-state index in [1.54, 1.807) is 0 Å². The van der Waals surface area contributed by atoms with Crippen molar-refractivity contribution in [3.05, 3.63) is 60.2 Å². The van der Waals surface area contributed by atoms with Crippen LogP contribution in [0.4, 0.5) is 0 Å². The summed E-state index contributed by atoms with van der Waals surface area (Å²) in [5, 5.41) is 9.11. The third-order valence-corrected chi connectivity index (χ3v) is 3.70. The van der Waals surface area contributed by atoms with E-state index < -0.39 is 0 Å². The van der Waals surface area contributed by atoms with E-state index in [1.165, 1.54) is 0 Å². The topological polar surface area (TPSA) is 54.8 Å². The molecule has 0 atom stereocenters. The number of para-hydroxylation sites is 3. The van der Waals surface area contributed by atoms with Gasteiger partial charge in [-0.1, -0.05) is 30.3 Å². The molecule has 0 aliphatic heterocycles. The van der Waals surface area contributed by atoms with Gasteiger partial charge >= 0.3 is 0 Å². The van der Waals surface area contributed by atoms with E-state index in [-0.39, 0.29) is 5.55 Å². The van der Waals surface area contributed by atoms with Crippen LogP contribution in [0.3, 0.4) is 0 Å². The van der Waals surface area contributed by atoms with Crippen LogP contribution in [0.5, 0.6) is 0 Å². The van der Waals surface area contributed by atoms with Crippen LogP contribution in [0.25, 0.3) is 33.4 Å². The predicted octanol–water partition coefficient (Wildman–Crippen LogP) is 3.47. The summed E-state index contributed by atoms with van der Waals surface area (Å²) in [4.78, 5) is 4.63. The molecule has 0 saturated heterocycles. The fourth-order valence-corrected chi connectivity index (χ4v) is 2.63. The SMILES string of the molecule is Cn1c(-c2cc3ccccc3oc2=N)nc2ccccc21. The molecule has 0 radical (unpaired) electrons. The third-order valence-electron chi connectivity index (χ3n) is 3.70. The number of fused-ring (bicyclic) bond motifs is 2. The van der Waals surface area contributed by atoms with Gasteiger partial charge in [-0.15, -0.1) is 0 Å². The van der Waals surface area contributed by atoms with Crippen LogP contribution in [0.2, 0.25) is 0 Å². The lowest BCUT2D eigenvalue weighted by atomic mass is 10.2. The lowest BCUT2D eigenvalue weighted by molar-refractivity contribution is 0.535. The van der Waals surface area contributed by atoms with Gasteiger partial charge < -0.3 is 8.98 Å². The summed E-state index contributed by atoms with van der Waals surface area (Å²) in [6, 6.07) is 17.6. The highest BCUT2D eigenvalue weighted by atomic mass is 16.3. The maximum Gasteiger partial charge on any atom is 0.223 e. The van der Waals surface area contributed by atoms with Gasteiger partial charge in [0.05, 0.1) is 16.6 Å². The number of benzene rings is 2. The number of imidazole rings is 1. The van der Waals surface area contributed by atoms with E-state index in [0.29, 0.717) is 11.1 Å². The van der Waals surface area contributed by atoms with Crippen LogP contribution in [0.1, 0.15) is 0 Å². The minimum Gasteiger partial charge on any atom is -0.438 e. The van der Waals surface area contributed by atoms with E-state index in [4.69, 9.17) is 9.83 Å². The number of nitrogens with zero attached hydrogens (tertiary/aromatic N) is 2. The predicted molar refractivity (Wildman–Crippen MR) is 81.8 cm³/mol. The molecule has 4 aromatic rings. The maximum atomic E-state index is 8.14. The number of hydrogen-bond acceptors (Lipinski definition) is 3. The second-order valence-electron chi connectivity index (χ2n) is 5.01. The average Bonchev–Trinajstić information content (AvgIpc) is 2.84. The van der Waals surface area contributed by atoms with Crippen LogP contribution in [0, 0.1) is 5.41 Å². The number of aromatic nitrogens is 2. The highest BCUT2D eigenvalue weighted by Crippen LogP contribution is 2.23. The van der Waals surface area contributed by atoms with E-state index in [1.807, 2.05) is 66.2 Å². The summed E-state index contributed by atoms with van der Waals surface area (Å²) < 4.78 is 7.60. The fourth-order valence-electron chi connectivity index (χ4n) is 2.63. The minimum absolute atomic E-state index is 0.132. The lowest BCUT2D eigenvalue weighted by Gasteiger charge is -2.04. The average molecular weight is 275 g/mol. The number of nitrogens with one attached hydrogen (secondary N) is 1. The van der Waals surface area contributed by atoms with E-state index in [2.05, 4.69) is 4.98 Å². The van der Waals surface area contributed by atoms with E-state index in [0.717, 1.165) is 22.2 Å². The van der Waals surface area contributed by atoms with E-state index in [9.17, 15) is 0 Å². The Kier molecular flexibility index (Phi) is 2.44. The maximum absolute atomic E-state index is 8.14. The molecular weight excluding hydrogens is 262 g/mol. The van der Waals surface area contributed by atoms with Crippen molar-refractivity contribution in [2.75, 3.05) is 0 Å². The van der Waals surface area contributed by atoms with Crippen LogP contribution < -0.4 is 5.55 Å². The summed E-state index contributed by atoms with van der Waals surface area (Å²) in [5.74, 6) is 0.746. The summed E-state index contributed by atoms with van der Waals surface area (Å²) in [7, 11) is 1.96. The lowest BCUT2D eigenvalue weighted by Crippen LogP contribution is -2.06. The van der Waals surface area contributed by atoms with Gasteiger partial charge in [0.25, 0.3) is 0 Å². The Morgan fingerprint density at radius 3 is 2.67 bits per heavy atom. The Labute approximate surface area is 120 Å². The summed E-state index contributed by atoms with van der Waals surface area (Å²) >= 11 is 0. The van der Waals surface area contributed by atoms with Crippen LogP contribution in [-0.4, -0.2) is 9.55 Å². The zero-order valence-corrected chi connectivity index (χ0v) is 11.5. The van der Waals surface area contributed by atoms with E-state index >= 15 is 0 Å². The molecule has 4 rings (SSSR count). The molecule has 2 heterocycles. The van der Waals surface area contributed by atoms with Gasteiger partial charge in [0.2, 0.25) is 5.55 Å².